The summed E-state index contributed by atoms with van der Waals surface area (Å²) in [5, 5.41) is 0. The third-order valence-electron chi connectivity index (χ3n) is 2.78. The molecule has 14 heavy (non-hydrogen) atoms. The van der Waals surface area contributed by atoms with E-state index in [9.17, 15) is 0 Å². The van der Waals surface area contributed by atoms with Crippen molar-refractivity contribution in [2.24, 2.45) is 0 Å². The van der Waals surface area contributed by atoms with Crippen molar-refractivity contribution in [2.75, 3.05) is 25.0 Å². The van der Waals surface area contributed by atoms with Gasteiger partial charge in [-0.25, -0.2) is 6.57 Å². The zero-order chi connectivity index (χ0) is 9.97. The third kappa shape index (κ3) is 1.58. The number of rotatable bonds is 2. The Morgan fingerprint density at radius 2 is 2.36 bits per heavy atom. The lowest BCUT2D eigenvalue weighted by Crippen LogP contribution is -2.12. The first-order chi connectivity index (χ1) is 6.81. The van der Waals surface area contributed by atoms with Crippen LogP contribution in [0.3, 0.4) is 0 Å². The maximum Gasteiger partial charge on any atom is 0.218 e. The zero-order valence-corrected chi connectivity index (χ0v) is 8.45. The summed E-state index contributed by atoms with van der Waals surface area (Å²) in [5.74, 6) is 0. The molecule has 0 spiro atoms. The molecule has 0 bridgehead atoms. The van der Waals surface area contributed by atoms with E-state index in [1.54, 1.807) is 0 Å². The first-order valence-electron chi connectivity index (χ1n) is 4.97. The molecule has 1 heterocycles. The van der Waals surface area contributed by atoms with Crippen LogP contribution in [-0.2, 0) is 12.8 Å². The van der Waals surface area contributed by atoms with E-state index in [0.29, 0.717) is 6.54 Å². The summed E-state index contributed by atoms with van der Waals surface area (Å²) >= 11 is 0. The minimum atomic E-state index is 0.606. The maximum atomic E-state index is 6.75. The van der Waals surface area contributed by atoms with E-state index < -0.39 is 0 Å². The van der Waals surface area contributed by atoms with Gasteiger partial charge >= 0.3 is 0 Å². The van der Waals surface area contributed by atoms with E-state index in [-0.39, 0.29) is 0 Å². The van der Waals surface area contributed by atoms with E-state index >= 15 is 0 Å². The van der Waals surface area contributed by atoms with Gasteiger partial charge in [0.1, 0.15) is 0 Å². The molecule has 2 heteroatoms. The second-order valence-corrected chi connectivity index (χ2v) is 3.77. The van der Waals surface area contributed by atoms with Gasteiger partial charge < -0.3 is 9.74 Å². The molecule has 0 saturated carbocycles. The van der Waals surface area contributed by atoms with Gasteiger partial charge in [0.2, 0.25) is 6.54 Å². The predicted molar refractivity (Wildman–Crippen MR) is 58.6 cm³/mol. The van der Waals surface area contributed by atoms with Crippen molar-refractivity contribution in [1.29, 1.82) is 0 Å². The van der Waals surface area contributed by atoms with Crippen LogP contribution in [0.1, 0.15) is 11.1 Å². The molecule has 0 aliphatic carbocycles. The van der Waals surface area contributed by atoms with Crippen LogP contribution in [0, 0.1) is 6.57 Å². The summed E-state index contributed by atoms with van der Waals surface area (Å²) < 4.78 is 0. The topological polar surface area (TPSA) is 7.60 Å². The molecule has 1 aliphatic heterocycles. The zero-order valence-electron chi connectivity index (χ0n) is 8.45. The summed E-state index contributed by atoms with van der Waals surface area (Å²) in [5.41, 5.74) is 4.10. The van der Waals surface area contributed by atoms with E-state index in [1.807, 2.05) is 0 Å². The summed E-state index contributed by atoms with van der Waals surface area (Å²) in [6.45, 7) is 8.49. The Morgan fingerprint density at radius 3 is 3.14 bits per heavy atom. The summed E-state index contributed by atoms with van der Waals surface area (Å²) in [7, 11) is 2.13. The van der Waals surface area contributed by atoms with Crippen LogP contribution in [0.4, 0.5) is 5.69 Å². The van der Waals surface area contributed by atoms with Gasteiger partial charge in [-0.05, 0) is 23.6 Å². The molecular formula is C12H14N2. The highest BCUT2D eigenvalue weighted by Crippen LogP contribution is 2.27. The first-order valence-corrected chi connectivity index (χ1v) is 4.97. The lowest BCUT2D eigenvalue weighted by molar-refractivity contribution is 0.955. The van der Waals surface area contributed by atoms with Crippen molar-refractivity contribution < 1.29 is 0 Å². The molecule has 0 amide bonds. The molecule has 72 valence electrons. The van der Waals surface area contributed by atoms with Crippen molar-refractivity contribution in [3.05, 3.63) is 40.7 Å². The van der Waals surface area contributed by atoms with Gasteiger partial charge in [0.25, 0.3) is 0 Å². The molecule has 0 N–H and O–H groups in total. The summed E-state index contributed by atoms with van der Waals surface area (Å²) in [6, 6.07) is 6.58. The molecule has 1 aromatic rings. The summed E-state index contributed by atoms with van der Waals surface area (Å²) in [6.07, 6.45) is 2.04. The molecule has 0 atom stereocenters. The molecule has 1 aromatic carbocycles. The maximum absolute atomic E-state index is 6.75. The van der Waals surface area contributed by atoms with Crippen molar-refractivity contribution in [3.63, 3.8) is 0 Å². The molecule has 0 saturated heterocycles. The Kier molecular flexibility index (Phi) is 2.41. The van der Waals surface area contributed by atoms with Crippen LogP contribution in [0.5, 0.6) is 0 Å². The van der Waals surface area contributed by atoms with E-state index in [2.05, 4.69) is 35.0 Å². The Hall–Kier alpha value is -1.49. The molecule has 0 fully saturated rings. The summed E-state index contributed by atoms with van der Waals surface area (Å²) in [4.78, 5) is 5.66. The second kappa shape index (κ2) is 3.71. The van der Waals surface area contributed by atoms with Gasteiger partial charge in [0, 0.05) is 25.7 Å². The smallest absolute Gasteiger partial charge is 0.218 e. The van der Waals surface area contributed by atoms with Crippen LogP contribution < -0.4 is 4.90 Å². The average molecular weight is 186 g/mol. The minimum Gasteiger partial charge on any atom is -0.374 e. The molecule has 0 aromatic heterocycles. The highest BCUT2D eigenvalue weighted by atomic mass is 15.1. The fraction of sp³-hybridized carbons (Fsp3) is 0.417. The normalized spacial score (nSPS) is 13.9. The van der Waals surface area contributed by atoms with Gasteiger partial charge in [-0.3, -0.25) is 0 Å². The Labute approximate surface area is 85.0 Å². The monoisotopic (exact) mass is 186 g/mol. The number of hydrogen-bond donors (Lipinski definition) is 0. The van der Waals surface area contributed by atoms with Gasteiger partial charge in [-0.2, -0.15) is 0 Å². The van der Waals surface area contributed by atoms with Crippen molar-refractivity contribution in [2.45, 2.75) is 12.8 Å². The number of nitrogens with zero attached hydrogens (tertiary/aromatic N) is 2. The Bertz CT molecular complexity index is 376. The van der Waals surface area contributed by atoms with Crippen LogP contribution in [-0.4, -0.2) is 20.1 Å². The molecule has 2 nitrogen and oxygen atoms in total. The fourth-order valence-corrected chi connectivity index (χ4v) is 1.96. The lowest BCUT2D eigenvalue weighted by atomic mass is 10.1. The van der Waals surface area contributed by atoms with Crippen LogP contribution in [0.25, 0.3) is 4.85 Å². The third-order valence-corrected chi connectivity index (χ3v) is 2.78. The number of hydrogen-bond acceptors (Lipinski definition) is 1. The lowest BCUT2D eigenvalue weighted by Gasteiger charge is -2.11. The van der Waals surface area contributed by atoms with Crippen LogP contribution in [0.15, 0.2) is 18.2 Å². The molecule has 0 unspecified atom stereocenters. The number of fused-ring (bicyclic) bond motifs is 1. The number of likely N-dealkylation sites (N-methyl/N-ethyl adjacent to an activating group) is 1. The van der Waals surface area contributed by atoms with Crippen molar-refractivity contribution in [3.8, 4) is 0 Å². The van der Waals surface area contributed by atoms with Crippen LogP contribution >= 0.6 is 0 Å². The highest BCUT2D eigenvalue weighted by Gasteiger charge is 2.15. The van der Waals surface area contributed by atoms with E-state index in [4.69, 9.17) is 6.57 Å². The SMILES string of the molecule is [C-]#[N+]CCc1ccc2c(c1)CCN2C. The largest absolute Gasteiger partial charge is 0.374 e. The predicted octanol–water partition coefficient (Wildman–Crippen LogP) is 2.14. The quantitative estimate of drug-likeness (QED) is 0.642. The molecule has 0 radical (unpaired) electrons. The van der Waals surface area contributed by atoms with E-state index in [0.717, 1.165) is 19.4 Å². The molecule has 1 aliphatic rings. The highest BCUT2D eigenvalue weighted by molar-refractivity contribution is 5.58. The standard InChI is InChI=1S/C12H14N2/c1-13-7-5-10-3-4-12-11(9-10)6-8-14(12)2/h3-4,9H,5-8H2,2H3. The molecular weight excluding hydrogens is 172 g/mol. The van der Waals surface area contributed by atoms with Gasteiger partial charge in [0.05, 0.1) is 0 Å². The minimum absolute atomic E-state index is 0.606. The van der Waals surface area contributed by atoms with Gasteiger partial charge in [-0.1, -0.05) is 12.1 Å². The fourth-order valence-electron chi connectivity index (χ4n) is 1.96. The Balaban J connectivity index is 2.20. The Morgan fingerprint density at radius 1 is 1.50 bits per heavy atom. The van der Waals surface area contributed by atoms with E-state index in [1.165, 1.54) is 16.8 Å². The average Bonchev–Trinajstić information content (AvgIpc) is 2.57. The number of benzene rings is 1. The van der Waals surface area contributed by atoms with Gasteiger partial charge in [0.15, 0.2) is 0 Å². The van der Waals surface area contributed by atoms with Crippen molar-refractivity contribution in [1.82, 2.24) is 0 Å². The van der Waals surface area contributed by atoms with Crippen LogP contribution in [0.2, 0.25) is 0 Å². The molecule has 2 rings (SSSR count). The van der Waals surface area contributed by atoms with Gasteiger partial charge in [-0.15, -0.1) is 0 Å². The second-order valence-electron chi connectivity index (χ2n) is 3.77. The first kappa shape index (κ1) is 9.08. The number of anilines is 1. The van der Waals surface area contributed by atoms with Crippen molar-refractivity contribution >= 4 is 5.69 Å².